The van der Waals surface area contributed by atoms with E-state index < -0.39 is 0 Å². The van der Waals surface area contributed by atoms with Crippen molar-refractivity contribution >= 4 is 17.5 Å². The minimum Gasteiger partial charge on any atom is -0.494 e. The molecular weight excluding hydrogens is 282 g/mol. The number of amides is 2. The van der Waals surface area contributed by atoms with E-state index in [9.17, 15) is 4.79 Å². The largest absolute Gasteiger partial charge is 0.494 e. The summed E-state index contributed by atoms with van der Waals surface area (Å²) in [6.45, 7) is 8.56. The van der Waals surface area contributed by atoms with Gasteiger partial charge in [-0.25, -0.2) is 4.79 Å². The molecule has 0 aliphatic heterocycles. The standard InChI is InChI=1S/C16H21N3O3/c1-5-21-12-8-6-11(7-9-12)17-15(20)18-14-10-13(22-19-14)16(2,3)4/h6-10H,5H2,1-4H3,(H2,17,18,19,20). The second-order valence-corrected chi connectivity index (χ2v) is 5.86. The summed E-state index contributed by atoms with van der Waals surface area (Å²) < 4.78 is 10.6. The highest BCUT2D eigenvalue weighted by molar-refractivity contribution is 5.99. The fourth-order valence-corrected chi connectivity index (χ4v) is 1.77. The highest BCUT2D eigenvalue weighted by Gasteiger charge is 2.20. The molecule has 0 bridgehead atoms. The summed E-state index contributed by atoms with van der Waals surface area (Å²) in [5.41, 5.74) is 0.513. The number of ether oxygens (including phenoxy) is 1. The van der Waals surface area contributed by atoms with Crippen LogP contribution in [0.25, 0.3) is 0 Å². The monoisotopic (exact) mass is 303 g/mol. The molecule has 0 fully saturated rings. The van der Waals surface area contributed by atoms with Crippen LogP contribution in [0.15, 0.2) is 34.9 Å². The number of anilines is 2. The number of benzene rings is 1. The average Bonchev–Trinajstić information content (AvgIpc) is 2.89. The molecule has 6 nitrogen and oxygen atoms in total. The van der Waals surface area contributed by atoms with Crippen molar-refractivity contribution < 1.29 is 14.1 Å². The first-order chi connectivity index (χ1) is 10.4. The molecule has 0 radical (unpaired) electrons. The molecule has 0 spiro atoms. The van der Waals surface area contributed by atoms with Crippen molar-refractivity contribution in [2.75, 3.05) is 17.2 Å². The summed E-state index contributed by atoms with van der Waals surface area (Å²) in [7, 11) is 0. The van der Waals surface area contributed by atoms with Crippen LogP contribution >= 0.6 is 0 Å². The molecule has 2 amide bonds. The Bertz CT molecular complexity index is 627. The molecule has 2 rings (SSSR count). The zero-order valence-corrected chi connectivity index (χ0v) is 13.3. The summed E-state index contributed by atoms with van der Waals surface area (Å²) in [4.78, 5) is 11.9. The van der Waals surface area contributed by atoms with Crippen molar-refractivity contribution in [3.63, 3.8) is 0 Å². The lowest BCUT2D eigenvalue weighted by Crippen LogP contribution is -2.19. The zero-order chi connectivity index (χ0) is 16.2. The van der Waals surface area contributed by atoms with Crippen LogP contribution in [0.5, 0.6) is 5.75 Å². The first-order valence-electron chi connectivity index (χ1n) is 7.16. The predicted molar refractivity (Wildman–Crippen MR) is 85.5 cm³/mol. The summed E-state index contributed by atoms with van der Waals surface area (Å²) in [6.07, 6.45) is 0. The van der Waals surface area contributed by atoms with Gasteiger partial charge in [0.25, 0.3) is 0 Å². The molecular formula is C16H21N3O3. The van der Waals surface area contributed by atoms with E-state index in [1.165, 1.54) is 0 Å². The van der Waals surface area contributed by atoms with Gasteiger partial charge in [0.2, 0.25) is 0 Å². The van der Waals surface area contributed by atoms with Crippen molar-refractivity contribution in [2.45, 2.75) is 33.1 Å². The highest BCUT2D eigenvalue weighted by Crippen LogP contribution is 2.24. The minimum atomic E-state index is -0.377. The second-order valence-electron chi connectivity index (χ2n) is 5.86. The number of carbonyl (C=O) groups is 1. The first-order valence-corrected chi connectivity index (χ1v) is 7.16. The van der Waals surface area contributed by atoms with Crippen LogP contribution in [0.1, 0.15) is 33.5 Å². The lowest BCUT2D eigenvalue weighted by Gasteiger charge is -2.12. The van der Waals surface area contributed by atoms with Crippen LogP contribution < -0.4 is 15.4 Å². The van der Waals surface area contributed by atoms with E-state index in [4.69, 9.17) is 9.26 Å². The topological polar surface area (TPSA) is 76.4 Å². The number of hydrogen-bond donors (Lipinski definition) is 2. The number of rotatable bonds is 4. The van der Waals surface area contributed by atoms with Crippen molar-refractivity contribution in [1.82, 2.24) is 5.16 Å². The molecule has 22 heavy (non-hydrogen) atoms. The third-order valence-corrected chi connectivity index (χ3v) is 2.91. The maximum atomic E-state index is 11.9. The predicted octanol–water partition coefficient (Wildman–Crippen LogP) is 4.01. The molecule has 1 aromatic heterocycles. The van der Waals surface area contributed by atoms with Gasteiger partial charge in [-0.05, 0) is 31.2 Å². The lowest BCUT2D eigenvalue weighted by atomic mass is 9.93. The van der Waals surface area contributed by atoms with Crippen molar-refractivity contribution in [3.05, 3.63) is 36.1 Å². The fourth-order valence-electron chi connectivity index (χ4n) is 1.77. The molecule has 0 atom stereocenters. The van der Waals surface area contributed by atoms with E-state index >= 15 is 0 Å². The Kier molecular flexibility index (Phi) is 4.70. The smallest absolute Gasteiger partial charge is 0.324 e. The summed E-state index contributed by atoms with van der Waals surface area (Å²) in [5, 5.41) is 9.19. The van der Waals surface area contributed by atoms with Crippen molar-refractivity contribution in [2.24, 2.45) is 0 Å². The molecule has 118 valence electrons. The van der Waals surface area contributed by atoms with E-state index in [1.54, 1.807) is 30.3 Å². The van der Waals surface area contributed by atoms with Gasteiger partial charge in [0.05, 0.1) is 6.61 Å². The first kappa shape index (κ1) is 15.9. The summed E-state index contributed by atoms with van der Waals surface area (Å²) >= 11 is 0. The van der Waals surface area contributed by atoms with Crippen molar-refractivity contribution in [3.8, 4) is 5.75 Å². The Hall–Kier alpha value is -2.50. The number of urea groups is 1. The molecule has 0 aliphatic rings. The molecule has 0 aliphatic carbocycles. The molecule has 2 N–H and O–H groups in total. The maximum Gasteiger partial charge on any atom is 0.324 e. The average molecular weight is 303 g/mol. The van der Waals surface area contributed by atoms with Gasteiger partial charge in [0.1, 0.15) is 11.5 Å². The third-order valence-electron chi connectivity index (χ3n) is 2.91. The Morgan fingerprint density at radius 2 is 1.91 bits per heavy atom. The SMILES string of the molecule is CCOc1ccc(NC(=O)Nc2cc(C(C)(C)C)on2)cc1. The van der Waals surface area contributed by atoms with Gasteiger partial charge in [-0.1, -0.05) is 25.9 Å². The zero-order valence-electron chi connectivity index (χ0n) is 13.3. The van der Waals surface area contributed by atoms with Gasteiger partial charge in [-0.2, -0.15) is 0 Å². The quantitative estimate of drug-likeness (QED) is 0.894. The number of nitrogens with zero attached hydrogens (tertiary/aromatic N) is 1. The summed E-state index contributed by atoms with van der Waals surface area (Å²) in [5.74, 6) is 1.86. The van der Waals surface area contributed by atoms with E-state index in [0.29, 0.717) is 23.9 Å². The number of aromatic nitrogens is 1. The van der Waals surface area contributed by atoms with Crippen LogP contribution in [0, 0.1) is 0 Å². The normalized spacial score (nSPS) is 11.1. The van der Waals surface area contributed by atoms with E-state index in [-0.39, 0.29) is 11.4 Å². The number of carbonyl (C=O) groups excluding carboxylic acids is 1. The van der Waals surface area contributed by atoms with Crippen LogP contribution in [-0.4, -0.2) is 17.8 Å². The Labute approximate surface area is 129 Å². The molecule has 0 unspecified atom stereocenters. The molecule has 0 saturated heterocycles. The van der Waals surface area contributed by atoms with E-state index in [0.717, 1.165) is 5.75 Å². The van der Waals surface area contributed by atoms with Gasteiger partial charge < -0.3 is 14.6 Å². The minimum absolute atomic E-state index is 0.154. The van der Waals surface area contributed by atoms with Crippen LogP contribution in [0.3, 0.4) is 0 Å². The fraction of sp³-hybridized carbons (Fsp3) is 0.375. The van der Waals surface area contributed by atoms with Gasteiger partial charge in [-0.3, -0.25) is 5.32 Å². The van der Waals surface area contributed by atoms with E-state index in [2.05, 4.69) is 15.8 Å². The second kappa shape index (κ2) is 6.51. The van der Waals surface area contributed by atoms with Gasteiger partial charge in [0, 0.05) is 17.2 Å². The number of nitrogens with one attached hydrogen (secondary N) is 2. The lowest BCUT2D eigenvalue weighted by molar-refractivity contribution is 0.262. The third kappa shape index (κ3) is 4.25. The van der Waals surface area contributed by atoms with E-state index in [1.807, 2.05) is 27.7 Å². The molecule has 2 aromatic rings. The van der Waals surface area contributed by atoms with Crippen molar-refractivity contribution in [1.29, 1.82) is 0 Å². The van der Waals surface area contributed by atoms with Crippen LogP contribution in [-0.2, 0) is 5.41 Å². The van der Waals surface area contributed by atoms with Crippen LogP contribution in [0.2, 0.25) is 0 Å². The molecule has 0 saturated carbocycles. The Balaban J connectivity index is 1.94. The Morgan fingerprint density at radius 3 is 2.45 bits per heavy atom. The van der Waals surface area contributed by atoms with Gasteiger partial charge >= 0.3 is 6.03 Å². The van der Waals surface area contributed by atoms with Gasteiger partial charge in [0.15, 0.2) is 5.82 Å². The Morgan fingerprint density at radius 1 is 1.23 bits per heavy atom. The molecule has 6 heteroatoms. The van der Waals surface area contributed by atoms with Gasteiger partial charge in [-0.15, -0.1) is 0 Å². The maximum absolute atomic E-state index is 11.9. The highest BCUT2D eigenvalue weighted by atomic mass is 16.5. The number of hydrogen-bond acceptors (Lipinski definition) is 4. The van der Waals surface area contributed by atoms with Crippen LogP contribution in [0.4, 0.5) is 16.3 Å². The molecule has 1 heterocycles. The summed E-state index contributed by atoms with van der Waals surface area (Å²) in [6, 6.07) is 8.48. The molecule has 1 aromatic carbocycles.